The number of nitrogens with zero attached hydrogens (tertiary/aromatic N) is 2. The Morgan fingerprint density at radius 2 is 1.76 bits per heavy atom. The maximum absolute atomic E-state index is 12.7. The number of methoxy groups -OCH3 is 1. The van der Waals surface area contributed by atoms with Gasteiger partial charge in [-0.15, -0.1) is 0 Å². The summed E-state index contributed by atoms with van der Waals surface area (Å²) < 4.78 is 42.5. The maximum Gasteiger partial charge on any atom is 0.342 e. The second-order valence-corrected chi connectivity index (χ2v) is 9.83. The minimum absolute atomic E-state index is 0.116. The number of aromatic nitrogens is 1. The zero-order valence-corrected chi connectivity index (χ0v) is 20.9. The van der Waals surface area contributed by atoms with Crippen LogP contribution in [0.3, 0.4) is 0 Å². The molecule has 0 atom stereocenters. The summed E-state index contributed by atoms with van der Waals surface area (Å²) in [7, 11) is -2.11. The number of carbonyl (C=O) groups is 2. The molecule has 11 nitrogen and oxygen atoms in total. The smallest absolute Gasteiger partial charge is 0.342 e. The Bertz CT molecular complexity index is 1360. The number of anilines is 3. The molecule has 0 bridgehead atoms. The van der Waals surface area contributed by atoms with E-state index in [9.17, 15) is 18.0 Å². The van der Waals surface area contributed by atoms with Crippen LogP contribution in [0, 0.1) is 0 Å². The second kappa shape index (κ2) is 11.8. The largest absolute Gasteiger partial charge is 0.495 e. The molecule has 1 aromatic heterocycles. The third kappa shape index (κ3) is 6.42. The van der Waals surface area contributed by atoms with Gasteiger partial charge in [-0.05, 0) is 48.5 Å². The summed E-state index contributed by atoms with van der Waals surface area (Å²) in [5.41, 5.74) is 1.11. The standard InChI is InChI=1S/C25H26N4O7S/c1-34-22-7-3-2-6-21(22)28-24-20(5-4-12-26-24)25(31)36-17-23(30)27-18-8-10-19(11-9-18)37(32,33)29-13-15-35-16-14-29/h2-12H,13-17H2,1H3,(H,26,28)(H,27,30). The minimum atomic E-state index is -3.64. The molecule has 2 N–H and O–H groups in total. The Hall–Kier alpha value is -4.00. The van der Waals surface area contributed by atoms with Crippen molar-refractivity contribution >= 4 is 39.1 Å². The molecule has 0 radical (unpaired) electrons. The number of esters is 1. The van der Waals surface area contributed by atoms with Gasteiger partial charge in [0.1, 0.15) is 17.1 Å². The molecule has 0 spiro atoms. The average Bonchev–Trinajstić information content (AvgIpc) is 2.93. The summed E-state index contributed by atoms with van der Waals surface area (Å²) in [5.74, 6) is -0.516. The van der Waals surface area contributed by atoms with Crippen LogP contribution < -0.4 is 15.4 Å². The lowest BCUT2D eigenvalue weighted by Gasteiger charge is -2.26. The highest BCUT2D eigenvalue weighted by Crippen LogP contribution is 2.28. The van der Waals surface area contributed by atoms with E-state index >= 15 is 0 Å². The first kappa shape index (κ1) is 26.1. The Morgan fingerprint density at radius 3 is 2.49 bits per heavy atom. The molecule has 1 saturated heterocycles. The number of pyridine rings is 1. The predicted molar refractivity (Wildman–Crippen MR) is 135 cm³/mol. The molecule has 1 fully saturated rings. The van der Waals surface area contributed by atoms with E-state index in [0.717, 1.165) is 0 Å². The highest BCUT2D eigenvalue weighted by Gasteiger charge is 2.26. The van der Waals surface area contributed by atoms with Crippen molar-refractivity contribution in [1.29, 1.82) is 0 Å². The van der Waals surface area contributed by atoms with Crippen molar-refractivity contribution < 1.29 is 32.2 Å². The molecule has 4 rings (SSSR count). The van der Waals surface area contributed by atoms with Gasteiger partial charge in [0, 0.05) is 25.0 Å². The van der Waals surface area contributed by atoms with Gasteiger partial charge in [0.25, 0.3) is 5.91 Å². The summed E-state index contributed by atoms with van der Waals surface area (Å²) in [6.07, 6.45) is 1.52. The number of nitrogens with one attached hydrogen (secondary N) is 2. The second-order valence-electron chi connectivity index (χ2n) is 7.89. The van der Waals surface area contributed by atoms with Gasteiger partial charge in [-0.3, -0.25) is 4.79 Å². The van der Waals surface area contributed by atoms with Crippen LogP contribution in [0.1, 0.15) is 10.4 Å². The van der Waals surface area contributed by atoms with Crippen LogP contribution in [-0.2, 0) is 24.3 Å². The summed E-state index contributed by atoms with van der Waals surface area (Å²) in [5, 5.41) is 5.63. The van der Waals surface area contributed by atoms with Crippen LogP contribution in [0.2, 0.25) is 0 Å². The molecule has 37 heavy (non-hydrogen) atoms. The molecule has 194 valence electrons. The number of amides is 1. The van der Waals surface area contributed by atoms with E-state index in [1.165, 1.54) is 47.9 Å². The zero-order valence-electron chi connectivity index (χ0n) is 20.0. The van der Waals surface area contributed by atoms with Crippen molar-refractivity contribution in [3.63, 3.8) is 0 Å². The van der Waals surface area contributed by atoms with Crippen LogP contribution >= 0.6 is 0 Å². The molecule has 2 heterocycles. The van der Waals surface area contributed by atoms with Crippen molar-refractivity contribution in [2.24, 2.45) is 0 Å². The van der Waals surface area contributed by atoms with Gasteiger partial charge < -0.3 is 24.8 Å². The first-order chi connectivity index (χ1) is 17.9. The third-order valence-electron chi connectivity index (χ3n) is 5.47. The Labute approximate surface area is 214 Å². The lowest BCUT2D eigenvalue weighted by atomic mass is 10.2. The fourth-order valence-corrected chi connectivity index (χ4v) is 5.01. The van der Waals surface area contributed by atoms with E-state index in [-0.39, 0.29) is 16.3 Å². The summed E-state index contributed by atoms with van der Waals surface area (Å²) in [6, 6.07) is 16.0. The Balaban J connectivity index is 1.35. The fraction of sp³-hybridized carbons (Fsp3) is 0.240. The Kier molecular flexibility index (Phi) is 8.33. The normalized spacial score (nSPS) is 14.0. The monoisotopic (exact) mass is 526 g/mol. The number of morpholine rings is 1. The number of benzene rings is 2. The molecular weight excluding hydrogens is 500 g/mol. The summed E-state index contributed by atoms with van der Waals surface area (Å²) in [4.78, 5) is 29.4. The van der Waals surface area contributed by atoms with E-state index in [1.807, 2.05) is 6.07 Å². The van der Waals surface area contributed by atoms with Crippen LogP contribution in [0.25, 0.3) is 0 Å². The van der Waals surface area contributed by atoms with E-state index < -0.39 is 28.5 Å². The van der Waals surface area contributed by atoms with Gasteiger partial charge in [-0.2, -0.15) is 4.31 Å². The number of carbonyl (C=O) groups excluding carboxylic acids is 2. The molecule has 0 aliphatic carbocycles. The van der Waals surface area contributed by atoms with Crippen molar-refractivity contribution in [2.75, 3.05) is 50.7 Å². The molecule has 3 aromatic rings. The fourth-order valence-electron chi connectivity index (χ4n) is 3.60. The molecule has 0 saturated carbocycles. The van der Waals surface area contributed by atoms with E-state index in [4.69, 9.17) is 14.2 Å². The highest BCUT2D eigenvalue weighted by atomic mass is 32.2. The summed E-state index contributed by atoms with van der Waals surface area (Å²) >= 11 is 0. The van der Waals surface area contributed by atoms with Gasteiger partial charge in [0.05, 0.1) is 30.9 Å². The van der Waals surface area contributed by atoms with Gasteiger partial charge >= 0.3 is 5.97 Å². The van der Waals surface area contributed by atoms with E-state index in [0.29, 0.717) is 43.4 Å². The Morgan fingerprint density at radius 1 is 1.03 bits per heavy atom. The molecule has 1 aliphatic rings. The first-order valence-electron chi connectivity index (χ1n) is 11.4. The van der Waals surface area contributed by atoms with E-state index in [2.05, 4.69) is 15.6 Å². The van der Waals surface area contributed by atoms with Crippen LogP contribution in [-0.4, -0.2) is 69.6 Å². The number of hydrogen-bond acceptors (Lipinski definition) is 9. The van der Waals surface area contributed by atoms with E-state index in [1.54, 1.807) is 24.3 Å². The number of para-hydroxylation sites is 2. The van der Waals surface area contributed by atoms with Gasteiger partial charge in [-0.1, -0.05) is 12.1 Å². The minimum Gasteiger partial charge on any atom is -0.495 e. The highest BCUT2D eigenvalue weighted by molar-refractivity contribution is 7.89. The van der Waals surface area contributed by atoms with Crippen molar-refractivity contribution in [3.8, 4) is 5.75 Å². The van der Waals surface area contributed by atoms with Crippen molar-refractivity contribution in [2.45, 2.75) is 4.90 Å². The van der Waals surface area contributed by atoms with Crippen LogP contribution in [0.15, 0.2) is 71.8 Å². The lowest BCUT2D eigenvalue weighted by molar-refractivity contribution is -0.119. The van der Waals surface area contributed by atoms with Crippen LogP contribution in [0.4, 0.5) is 17.2 Å². The first-order valence-corrected chi connectivity index (χ1v) is 12.8. The zero-order chi connectivity index (χ0) is 26.3. The third-order valence-corrected chi connectivity index (χ3v) is 7.38. The maximum atomic E-state index is 12.7. The van der Waals surface area contributed by atoms with Crippen molar-refractivity contribution in [1.82, 2.24) is 9.29 Å². The molecule has 12 heteroatoms. The molecule has 1 amide bonds. The lowest BCUT2D eigenvalue weighted by Crippen LogP contribution is -2.40. The molecular formula is C25H26N4O7S. The molecule has 0 unspecified atom stereocenters. The average molecular weight is 527 g/mol. The quantitative estimate of drug-likeness (QED) is 0.403. The van der Waals surface area contributed by atoms with Crippen LogP contribution in [0.5, 0.6) is 5.75 Å². The number of sulfonamides is 1. The van der Waals surface area contributed by atoms with Gasteiger partial charge in [0.2, 0.25) is 10.0 Å². The number of rotatable bonds is 9. The number of hydrogen-bond donors (Lipinski definition) is 2. The van der Waals surface area contributed by atoms with Gasteiger partial charge in [0.15, 0.2) is 6.61 Å². The topological polar surface area (TPSA) is 136 Å². The number of ether oxygens (including phenoxy) is 3. The SMILES string of the molecule is COc1ccccc1Nc1ncccc1C(=O)OCC(=O)Nc1ccc(S(=O)(=O)N2CCOCC2)cc1. The molecule has 2 aromatic carbocycles. The summed E-state index contributed by atoms with van der Waals surface area (Å²) in [6.45, 7) is 0.737. The van der Waals surface area contributed by atoms with Gasteiger partial charge in [-0.25, -0.2) is 18.2 Å². The predicted octanol–water partition coefficient (Wildman–Crippen LogP) is 2.65. The van der Waals surface area contributed by atoms with Crippen molar-refractivity contribution in [3.05, 3.63) is 72.4 Å². The molecule has 1 aliphatic heterocycles.